The molecule has 0 aliphatic heterocycles. The first-order valence-corrected chi connectivity index (χ1v) is 3.30. The molecule has 0 saturated carbocycles. The van der Waals surface area contributed by atoms with Crippen molar-refractivity contribution in [1.82, 2.24) is 15.0 Å². The molecular formula is C6H9N5. The van der Waals surface area contributed by atoms with Crippen molar-refractivity contribution in [3.63, 3.8) is 0 Å². The Balaban J connectivity index is 2.82. The van der Waals surface area contributed by atoms with Gasteiger partial charge in [-0.1, -0.05) is 0 Å². The summed E-state index contributed by atoms with van der Waals surface area (Å²) in [6.07, 6.45) is 1.42. The van der Waals surface area contributed by atoms with E-state index in [0.29, 0.717) is 12.2 Å². The normalized spacial score (nSPS) is 12.5. The van der Waals surface area contributed by atoms with Crippen LogP contribution in [0.4, 0.5) is 0 Å². The first-order valence-electron chi connectivity index (χ1n) is 3.30. The van der Waals surface area contributed by atoms with Crippen LogP contribution in [0, 0.1) is 11.3 Å². The molecule has 58 valence electrons. The van der Waals surface area contributed by atoms with Crippen molar-refractivity contribution in [2.45, 2.75) is 13.0 Å². The molecule has 0 aromatic carbocycles. The topological polar surface area (TPSA) is 80.5 Å². The van der Waals surface area contributed by atoms with Crippen LogP contribution in [-0.2, 0) is 0 Å². The zero-order valence-corrected chi connectivity index (χ0v) is 6.23. The number of hydrogen-bond acceptors (Lipinski definition) is 4. The first kappa shape index (κ1) is 7.69. The van der Waals surface area contributed by atoms with Crippen LogP contribution in [0.5, 0.6) is 0 Å². The summed E-state index contributed by atoms with van der Waals surface area (Å²) in [4.78, 5) is 1.44. The summed E-state index contributed by atoms with van der Waals surface area (Å²) in [6.45, 7) is 2.36. The summed E-state index contributed by atoms with van der Waals surface area (Å²) in [6, 6.07) is 1.94. The van der Waals surface area contributed by atoms with Gasteiger partial charge in [0.05, 0.1) is 12.2 Å². The Morgan fingerprint density at radius 2 is 2.64 bits per heavy atom. The maximum Gasteiger partial charge on any atom is 0.182 e. The van der Waals surface area contributed by atoms with E-state index in [-0.39, 0.29) is 6.04 Å². The lowest BCUT2D eigenvalue weighted by Crippen LogP contribution is -2.18. The van der Waals surface area contributed by atoms with Crippen molar-refractivity contribution in [3.05, 3.63) is 11.9 Å². The van der Waals surface area contributed by atoms with Crippen LogP contribution in [0.25, 0.3) is 0 Å². The Hall–Kier alpha value is -1.41. The van der Waals surface area contributed by atoms with Gasteiger partial charge >= 0.3 is 0 Å². The monoisotopic (exact) mass is 151 g/mol. The van der Waals surface area contributed by atoms with Gasteiger partial charge in [-0.15, -0.1) is 5.10 Å². The van der Waals surface area contributed by atoms with Crippen LogP contribution in [0.2, 0.25) is 0 Å². The standard InChI is InChI=1S/C6H9N5/c1-5(2-7)11-9-4-6(3-8)10-11/h4-5H,2,7H2,1H3. The lowest BCUT2D eigenvalue weighted by molar-refractivity contribution is 0.441. The van der Waals surface area contributed by atoms with E-state index >= 15 is 0 Å². The number of hydrogen-bond donors (Lipinski definition) is 1. The fourth-order valence-electron chi connectivity index (χ4n) is 0.634. The molecule has 0 amide bonds. The van der Waals surface area contributed by atoms with Crippen LogP contribution in [0.15, 0.2) is 6.20 Å². The average Bonchev–Trinajstić information content (AvgIpc) is 2.50. The summed E-state index contributed by atoms with van der Waals surface area (Å²) < 4.78 is 0. The van der Waals surface area contributed by atoms with Gasteiger partial charge in [-0.25, -0.2) is 0 Å². The van der Waals surface area contributed by atoms with E-state index in [0.717, 1.165) is 0 Å². The smallest absolute Gasteiger partial charge is 0.182 e. The largest absolute Gasteiger partial charge is 0.328 e. The molecule has 1 rings (SSSR count). The second-order valence-corrected chi connectivity index (χ2v) is 2.25. The van der Waals surface area contributed by atoms with Crippen molar-refractivity contribution < 1.29 is 0 Å². The fourth-order valence-corrected chi connectivity index (χ4v) is 0.634. The molecule has 1 unspecified atom stereocenters. The predicted molar refractivity (Wildman–Crippen MR) is 38.5 cm³/mol. The van der Waals surface area contributed by atoms with Crippen molar-refractivity contribution >= 4 is 0 Å². The van der Waals surface area contributed by atoms with Gasteiger partial charge in [0.15, 0.2) is 5.69 Å². The lowest BCUT2D eigenvalue weighted by Gasteiger charge is -2.04. The van der Waals surface area contributed by atoms with Gasteiger partial charge < -0.3 is 5.73 Å². The summed E-state index contributed by atoms with van der Waals surface area (Å²) in [5.41, 5.74) is 5.70. The third-order valence-electron chi connectivity index (χ3n) is 1.36. The molecule has 5 nitrogen and oxygen atoms in total. The minimum Gasteiger partial charge on any atom is -0.328 e. The van der Waals surface area contributed by atoms with Crippen molar-refractivity contribution in [2.75, 3.05) is 6.54 Å². The zero-order valence-electron chi connectivity index (χ0n) is 6.23. The molecule has 1 atom stereocenters. The molecule has 11 heavy (non-hydrogen) atoms. The van der Waals surface area contributed by atoms with Gasteiger partial charge in [-0.2, -0.15) is 15.2 Å². The minimum atomic E-state index is 0.0529. The molecule has 1 aromatic heterocycles. The van der Waals surface area contributed by atoms with E-state index < -0.39 is 0 Å². The molecular weight excluding hydrogens is 142 g/mol. The molecule has 0 fully saturated rings. The van der Waals surface area contributed by atoms with E-state index in [2.05, 4.69) is 10.2 Å². The Morgan fingerprint density at radius 3 is 3.09 bits per heavy atom. The molecule has 2 N–H and O–H groups in total. The third-order valence-corrected chi connectivity index (χ3v) is 1.36. The maximum atomic E-state index is 8.41. The third kappa shape index (κ3) is 1.53. The second-order valence-electron chi connectivity index (χ2n) is 2.25. The minimum absolute atomic E-state index is 0.0529. The first-order chi connectivity index (χ1) is 5.27. The highest BCUT2D eigenvalue weighted by molar-refractivity contribution is 5.12. The molecule has 0 radical (unpaired) electrons. The molecule has 0 spiro atoms. The quantitative estimate of drug-likeness (QED) is 0.627. The molecule has 0 saturated heterocycles. The Labute approximate surface area is 64.4 Å². The number of nitrogens with zero attached hydrogens (tertiary/aromatic N) is 4. The van der Waals surface area contributed by atoms with Gasteiger partial charge in [0.1, 0.15) is 6.07 Å². The summed E-state index contributed by atoms with van der Waals surface area (Å²) in [7, 11) is 0. The summed E-state index contributed by atoms with van der Waals surface area (Å²) >= 11 is 0. The Bertz CT molecular complexity index is 271. The highest BCUT2D eigenvalue weighted by Crippen LogP contribution is 1.98. The molecule has 0 aliphatic rings. The number of nitriles is 1. The summed E-state index contributed by atoms with van der Waals surface area (Å²) in [5.74, 6) is 0. The lowest BCUT2D eigenvalue weighted by atomic mass is 10.4. The van der Waals surface area contributed by atoms with Gasteiger partial charge in [0.2, 0.25) is 0 Å². The Morgan fingerprint density at radius 1 is 1.91 bits per heavy atom. The van der Waals surface area contributed by atoms with E-state index in [1.807, 2.05) is 13.0 Å². The van der Waals surface area contributed by atoms with Gasteiger partial charge in [0, 0.05) is 6.54 Å². The average molecular weight is 151 g/mol. The molecule has 5 heteroatoms. The molecule has 0 aliphatic carbocycles. The number of nitrogens with two attached hydrogens (primary N) is 1. The van der Waals surface area contributed by atoms with Crippen molar-refractivity contribution in [3.8, 4) is 6.07 Å². The molecule has 1 aromatic rings. The van der Waals surface area contributed by atoms with Gasteiger partial charge in [-0.3, -0.25) is 0 Å². The van der Waals surface area contributed by atoms with Crippen molar-refractivity contribution in [2.24, 2.45) is 5.73 Å². The van der Waals surface area contributed by atoms with Gasteiger partial charge in [0.25, 0.3) is 0 Å². The SMILES string of the molecule is CC(CN)n1ncc(C#N)n1. The van der Waals surface area contributed by atoms with E-state index in [9.17, 15) is 0 Å². The molecule has 0 bridgehead atoms. The predicted octanol–water partition coefficient (Wildman–Crippen LogP) is -0.331. The Kier molecular flexibility index (Phi) is 2.18. The zero-order chi connectivity index (χ0) is 8.27. The highest BCUT2D eigenvalue weighted by atomic mass is 15.5. The van der Waals surface area contributed by atoms with Crippen LogP contribution >= 0.6 is 0 Å². The number of rotatable bonds is 2. The fraction of sp³-hybridized carbons (Fsp3) is 0.500. The van der Waals surface area contributed by atoms with E-state index in [1.54, 1.807) is 0 Å². The van der Waals surface area contributed by atoms with Crippen molar-refractivity contribution in [1.29, 1.82) is 5.26 Å². The second kappa shape index (κ2) is 3.12. The molecule has 1 heterocycles. The van der Waals surface area contributed by atoms with Crippen LogP contribution in [0.3, 0.4) is 0 Å². The van der Waals surface area contributed by atoms with Crippen LogP contribution < -0.4 is 5.73 Å². The van der Waals surface area contributed by atoms with E-state index in [1.165, 1.54) is 11.0 Å². The summed E-state index contributed by atoms with van der Waals surface area (Å²) in [5, 5.41) is 16.1. The highest BCUT2D eigenvalue weighted by Gasteiger charge is 2.04. The number of aromatic nitrogens is 3. The van der Waals surface area contributed by atoms with Gasteiger partial charge in [-0.05, 0) is 6.92 Å². The van der Waals surface area contributed by atoms with Crippen LogP contribution in [-0.4, -0.2) is 21.5 Å². The van der Waals surface area contributed by atoms with E-state index in [4.69, 9.17) is 11.0 Å². The maximum absolute atomic E-state index is 8.41. The van der Waals surface area contributed by atoms with Crippen LogP contribution in [0.1, 0.15) is 18.7 Å².